The minimum absolute atomic E-state index is 0. The Kier molecular flexibility index (Phi) is 42.4. The molecule has 0 aromatic rings. The fourth-order valence-corrected chi connectivity index (χ4v) is 0. The molecule has 9 heavy (non-hydrogen) atoms. The predicted molar refractivity (Wildman–Crippen MR) is 17.9 cm³/mol. The molecule has 4 N–H and O–H groups in total. The van der Waals surface area contributed by atoms with Gasteiger partial charge in [0.05, 0.1) is 0 Å². The summed E-state index contributed by atoms with van der Waals surface area (Å²) in [6.45, 7) is 0. The van der Waals surface area contributed by atoms with E-state index < -0.39 is 10.4 Å². The van der Waals surface area contributed by atoms with Gasteiger partial charge in [-0.2, -0.15) is 0 Å². The Morgan fingerprint density at radius 3 is 1.33 bits per heavy atom. The first-order valence-corrected chi connectivity index (χ1v) is 2.05. The van der Waals surface area contributed by atoms with Gasteiger partial charge in [0.15, 0.2) is 0 Å². The van der Waals surface area contributed by atoms with Crippen molar-refractivity contribution in [3.63, 3.8) is 0 Å². The summed E-state index contributed by atoms with van der Waals surface area (Å²) in [6, 6.07) is 0. The molecule has 0 spiro atoms. The largest absolute Gasteiger partial charge is 1.00 e. The molecule has 0 radical (unpaired) electrons. The maximum atomic E-state index is 8.63. The molecule has 9 heteroatoms. The van der Waals surface area contributed by atoms with Crippen molar-refractivity contribution < 1.29 is 76.9 Å². The van der Waals surface area contributed by atoms with Crippen molar-refractivity contribution in [3.05, 3.63) is 0 Å². The summed E-state index contributed by atoms with van der Waals surface area (Å²) in [5, 5.41) is 0. The van der Waals surface area contributed by atoms with E-state index in [1.165, 1.54) is 0 Å². The van der Waals surface area contributed by atoms with Crippen LogP contribution in [0.4, 0.5) is 0 Å². The van der Waals surface area contributed by atoms with Crippen molar-refractivity contribution in [2.45, 2.75) is 0 Å². The summed E-state index contributed by atoms with van der Waals surface area (Å²) in [5.41, 5.74) is 0. The SMILES string of the molecule is O.O=S(=O)([O-])O.[Li+].[Na+].[OH-]. The van der Waals surface area contributed by atoms with Crippen LogP contribution in [0.15, 0.2) is 0 Å². The number of hydrogen-bond acceptors (Lipinski definition) is 4. The molecule has 0 fully saturated rings. The Morgan fingerprint density at radius 1 is 1.33 bits per heavy atom. The zero-order chi connectivity index (χ0) is 4.50. The van der Waals surface area contributed by atoms with E-state index in [4.69, 9.17) is 17.5 Å². The molecule has 48 valence electrons. The average molecular weight is 162 g/mol. The van der Waals surface area contributed by atoms with Crippen LogP contribution in [0.3, 0.4) is 0 Å². The van der Waals surface area contributed by atoms with E-state index in [2.05, 4.69) is 0 Å². The van der Waals surface area contributed by atoms with Crippen LogP contribution in [0.25, 0.3) is 0 Å². The molecule has 0 aliphatic heterocycles. The van der Waals surface area contributed by atoms with Crippen molar-refractivity contribution in [2.75, 3.05) is 0 Å². The molecule has 0 saturated heterocycles. The van der Waals surface area contributed by atoms with Crippen LogP contribution in [0.2, 0.25) is 0 Å². The van der Waals surface area contributed by atoms with Gasteiger partial charge in [-0.1, -0.05) is 0 Å². The molecule has 6 nitrogen and oxygen atoms in total. The van der Waals surface area contributed by atoms with Crippen LogP contribution in [0.5, 0.6) is 0 Å². The first-order chi connectivity index (χ1) is 2.00. The maximum Gasteiger partial charge on any atom is 1.00 e. The molecule has 0 aliphatic rings. The van der Waals surface area contributed by atoms with Crippen molar-refractivity contribution in [1.82, 2.24) is 0 Å². The maximum absolute atomic E-state index is 8.63. The molecule has 0 unspecified atom stereocenters. The molecular weight excluding hydrogens is 158 g/mol. The van der Waals surface area contributed by atoms with Gasteiger partial charge in [0.1, 0.15) is 0 Å². The molecule has 0 amide bonds. The Hall–Kier alpha value is 1.39. The Labute approximate surface area is 86.7 Å². The van der Waals surface area contributed by atoms with Gasteiger partial charge in [-0.25, -0.2) is 8.42 Å². The van der Waals surface area contributed by atoms with Gasteiger partial charge < -0.3 is 15.5 Å². The van der Waals surface area contributed by atoms with Gasteiger partial charge in [0.25, 0.3) is 0 Å². The fourth-order valence-electron chi connectivity index (χ4n) is 0. The summed E-state index contributed by atoms with van der Waals surface area (Å²) in [4.78, 5) is 0. The molecule has 0 aromatic carbocycles. The molecule has 0 aliphatic carbocycles. The number of hydrogen-bond donors (Lipinski definition) is 1. The minimum atomic E-state index is -4.92. The van der Waals surface area contributed by atoms with Crippen molar-refractivity contribution in [3.8, 4) is 0 Å². The molecular formula is H4LiNaO6S. The quantitative estimate of drug-likeness (QED) is 0.214. The van der Waals surface area contributed by atoms with E-state index >= 15 is 0 Å². The van der Waals surface area contributed by atoms with Gasteiger partial charge in [0, 0.05) is 0 Å². The first kappa shape index (κ1) is 31.5. The fraction of sp³-hybridized carbons (Fsp3) is 0. The zero-order valence-electron chi connectivity index (χ0n) is 5.03. The normalized spacial score (nSPS) is 6.44. The van der Waals surface area contributed by atoms with Crippen molar-refractivity contribution in [2.24, 2.45) is 0 Å². The second-order valence-electron chi connectivity index (χ2n) is 0.428. The molecule has 0 atom stereocenters. The van der Waals surface area contributed by atoms with Crippen LogP contribution in [-0.2, 0) is 10.4 Å². The Morgan fingerprint density at radius 2 is 1.33 bits per heavy atom. The Bertz CT molecular complexity index is 96.2. The van der Waals surface area contributed by atoms with Crippen LogP contribution in [0, 0.1) is 0 Å². The molecule has 0 bridgehead atoms. The van der Waals surface area contributed by atoms with E-state index in [1.807, 2.05) is 0 Å². The minimum Gasteiger partial charge on any atom is -0.870 e. The summed E-state index contributed by atoms with van der Waals surface area (Å²) in [7, 11) is -4.92. The predicted octanol–water partition coefficient (Wildman–Crippen LogP) is -7.99. The van der Waals surface area contributed by atoms with Gasteiger partial charge in [-0.3, -0.25) is 4.55 Å². The standard InChI is InChI=1S/Li.Na.H2O4S.2H2O/c;;1-5(2,3)4;;/h;;(H2,1,2,3,4);2*1H2/q2*+1;;;/p-2. The van der Waals surface area contributed by atoms with Crippen LogP contribution in [-0.4, -0.2) is 28.5 Å². The third-order valence-electron chi connectivity index (χ3n) is 0. The van der Waals surface area contributed by atoms with Crippen LogP contribution < -0.4 is 48.4 Å². The zero-order valence-corrected chi connectivity index (χ0v) is 7.84. The van der Waals surface area contributed by atoms with Gasteiger partial charge in [-0.05, 0) is 0 Å². The third kappa shape index (κ3) is 266. The molecule has 0 heterocycles. The van der Waals surface area contributed by atoms with E-state index in [1.54, 1.807) is 0 Å². The van der Waals surface area contributed by atoms with Gasteiger partial charge >= 0.3 is 48.4 Å². The van der Waals surface area contributed by atoms with E-state index in [9.17, 15) is 0 Å². The number of rotatable bonds is 0. The smallest absolute Gasteiger partial charge is 0.870 e. The molecule has 0 rings (SSSR count). The second kappa shape index (κ2) is 12.1. The first-order valence-electron chi connectivity index (χ1n) is 0.683. The van der Waals surface area contributed by atoms with Crippen LogP contribution >= 0.6 is 0 Å². The summed E-state index contributed by atoms with van der Waals surface area (Å²) in [6.07, 6.45) is 0. The Balaban J connectivity index is -0.0000000133. The topological polar surface area (TPSA) is 139 Å². The summed E-state index contributed by atoms with van der Waals surface area (Å²) >= 11 is 0. The van der Waals surface area contributed by atoms with Crippen molar-refractivity contribution >= 4 is 10.4 Å². The van der Waals surface area contributed by atoms with E-state index in [0.717, 1.165) is 0 Å². The van der Waals surface area contributed by atoms with Crippen LogP contribution in [0.1, 0.15) is 0 Å². The third-order valence-corrected chi connectivity index (χ3v) is 0. The summed E-state index contributed by atoms with van der Waals surface area (Å²) in [5.74, 6) is 0. The average Bonchev–Trinajstić information content (AvgIpc) is 0.722. The molecule has 0 saturated carbocycles. The van der Waals surface area contributed by atoms with E-state index in [0.29, 0.717) is 0 Å². The monoisotopic (exact) mass is 162 g/mol. The van der Waals surface area contributed by atoms with Gasteiger partial charge in [-0.15, -0.1) is 0 Å². The molecule has 0 aromatic heterocycles. The van der Waals surface area contributed by atoms with Gasteiger partial charge in [0.2, 0.25) is 10.4 Å². The summed E-state index contributed by atoms with van der Waals surface area (Å²) < 4.78 is 32.8. The second-order valence-corrected chi connectivity index (χ2v) is 1.28. The van der Waals surface area contributed by atoms with Crippen molar-refractivity contribution in [1.29, 1.82) is 0 Å². The van der Waals surface area contributed by atoms with E-state index in [-0.39, 0.29) is 59.4 Å².